The van der Waals surface area contributed by atoms with Crippen LogP contribution in [-0.4, -0.2) is 26.2 Å². The minimum atomic E-state index is -0.389. The second kappa shape index (κ2) is 15.0. The third-order valence-corrected chi connectivity index (χ3v) is 10.00. The molecule has 0 aromatic heterocycles. The van der Waals surface area contributed by atoms with Gasteiger partial charge in [0.05, 0.1) is 25.3 Å². The van der Waals surface area contributed by atoms with E-state index in [1.54, 1.807) is 12.1 Å². The highest BCUT2D eigenvalue weighted by Crippen LogP contribution is 2.41. The second-order valence-corrected chi connectivity index (χ2v) is 13.8. The first-order chi connectivity index (χ1) is 23.9. The van der Waals surface area contributed by atoms with Gasteiger partial charge in [-0.1, -0.05) is 77.9 Å². The molecular weight excluding hydrogens is 620 g/mol. The lowest BCUT2D eigenvalue weighted by Crippen LogP contribution is -2.17. The van der Waals surface area contributed by atoms with Crippen LogP contribution in [0.4, 0.5) is 34.1 Å². The zero-order valence-electron chi connectivity index (χ0n) is 30.5. The molecule has 5 aromatic rings. The van der Waals surface area contributed by atoms with Gasteiger partial charge in [-0.3, -0.25) is 0 Å². The zero-order valence-corrected chi connectivity index (χ0v) is 30.5. The molecule has 5 rings (SSSR count). The number of methoxy groups -OCH3 is 2. The molecule has 0 unspecified atom stereocenters. The summed E-state index contributed by atoms with van der Waals surface area (Å²) in [5.74, 6) is -0.777. The molecule has 0 fully saturated rings. The lowest BCUT2D eigenvalue weighted by atomic mass is 9.82. The van der Waals surface area contributed by atoms with E-state index in [2.05, 4.69) is 124 Å². The fourth-order valence-electron chi connectivity index (χ4n) is 5.96. The van der Waals surface area contributed by atoms with Crippen molar-refractivity contribution < 1.29 is 19.1 Å². The molecular formula is C44H48N2O4. The Morgan fingerprint density at radius 1 is 0.480 bits per heavy atom. The van der Waals surface area contributed by atoms with E-state index in [0.29, 0.717) is 11.1 Å². The first-order valence-electron chi connectivity index (χ1n) is 17.2. The number of rotatable bonds is 12. The minimum Gasteiger partial charge on any atom is -0.465 e. The van der Waals surface area contributed by atoms with Crippen LogP contribution in [0.1, 0.15) is 86.2 Å². The number of esters is 2. The van der Waals surface area contributed by atoms with Crippen LogP contribution in [0, 0.1) is 0 Å². The molecule has 0 aliphatic heterocycles. The molecule has 6 heteroatoms. The monoisotopic (exact) mass is 668 g/mol. The number of nitrogens with zero attached hydrogens (tertiary/aromatic N) is 2. The van der Waals surface area contributed by atoms with Gasteiger partial charge >= 0.3 is 11.9 Å². The van der Waals surface area contributed by atoms with Gasteiger partial charge in [0.2, 0.25) is 0 Å². The topological polar surface area (TPSA) is 59.1 Å². The third kappa shape index (κ3) is 7.60. The third-order valence-electron chi connectivity index (χ3n) is 10.00. The van der Waals surface area contributed by atoms with Crippen LogP contribution in [0.15, 0.2) is 121 Å². The number of ether oxygens (including phenoxy) is 2. The fourth-order valence-corrected chi connectivity index (χ4v) is 5.96. The Bertz CT molecular complexity index is 1790. The van der Waals surface area contributed by atoms with Crippen molar-refractivity contribution in [2.24, 2.45) is 0 Å². The van der Waals surface area contributed by atoms with Crippen molar-refractivity contribution in [3.8, 4) is 0 Å². The summed E-state index contributed by atoms with van der Waals surface area (Å²) in [6.07, 6.45) is 2.05. The van der Waals surface area contributed by atoms with Gasteiger partial charge < -0.3 is 19.3 Å². The summed E-state index contributed by atoms with van der Waals surface area (Å²) >= 11 is 0. The highest BCUT2D eigenvalue weighted by Gasteiger charge is 2.22. The van der Waals surface area contributed by atoms with Crippen LogP contribution < -0.4 is 9.80 Å². The van der Waals surface area contributed by atoms with Crippen LogP contribution in [0.5, 0.6) is 0 Å². The van der Waals surface area contributed by atoms with Gasteiger partial charge in [-0.25, -0.2) is 9.59 Å². The van der Waals surface area contributed by atoms with E-state index in [1.807, 2.05) is 36.4 Å². The average Bonchev–Trinajstić information content (AvgIpc) is 3.15. The van der Waals surface area contributed by atoms with Crippen molar-refractivity contribution in [1.82, 2.24) is 0 Å². The quantitative estimate of drug-likeness (QED) is 0.123. The first-order valence-corrected chi connectivity index (χ1v) is 17.2. The van der Waals surface area contributed by atoms with Crippen molar-refractivity contribution in [1.29, 1.82) is 0 Å². The molecule has 6 nitrogen and oxygen atoms in total. The summed E-state index contributed by atoms with van der Waals surface area (Å²) in [6, 6.07) is 40.6. The number of carbonyl (C=O) groups excluding carboxylic acids is 2. The Kier molecular flexibility index (Phi) is 10.8. The number of anilines is 6. The summed E-state index contributed by atoms with van der Waals surface area (Å²) in [5.41, 5.74) is 9.01. The van der Waals surface area contributed by atoms with E-state index in [1.165, 1.54) is 25.3 Å². The largest absolute Gasteiger partial charge is 0.465 e. The Morgan fingerprint density at radius 3 is 1.06 bits per heavy atom. The minimum absolute atomic E-state index is 0.0505. The summed E-state index contributed by atoms with van der Waals surface area (Å²) < 4.78 is 10.1. The van der Waals surface area contributed by atoms with E-state index in [9.17, 15) is 9.59 Å². The van der Waals surface area contributed by atoms with Crippen LogP contribution in [0.3, 0.4) is 0 Å². The van der Waals surface area contributed by atoms with E-state index in [4.69, 9.17) is 9.47 Å². The van der Waals surface area contributed by atoms with E-state index in [-0.39, 0.29) is 22.8 Å². The smallest absolute Gasteiger partial charge is 0.337 e. The number of benzene rings is 5. The molecule has 0 aliphatic rings. The molecule has 0 spiro atoms. The fraction of sp³-hybridized carbons (Fsp3) is 0.273. The molecule has 50 heavy (non-hydrogen) atoms. The van der Waals surface area contributed by atoms with Gasteiger partial charge in [0.15, 0.2) is 0 Å². The van der Waals surface area contributed by atoms with Gasteiger partial charge in [0.25, 0.3) is 0 Å². The normalized spacial score (nSPS) is 11.5. The van der Waals surface area contributed by atoms with Crippen LogP contribution in [-0.2, 0) is 20.3 Å². The maximum atomic E-state index is 12.5. The van der Waals surface area contributed by atoms with E-state index < -0.39 is 0 Å². The predicted octanol–water partition coefficient (Wildman–Crippen LogP) is 11.6. The van der Waals surface area contributed by atoms with E-state index >= 15 is 0 Å². The van der Waals surface area contributed by atoms with Gasteiger partial charge in [-0.15, -0.1) is 0 Å². The molecule has 0 saturated heterocycles. The maximum absolute atomic E-state index is 12.5. The van der Waals surface area contributed by atoms with Crippen molar-refractivity contribution in [3.63, 3.8) is 0 Å². The summed E-state index contributed by atoms with van der Waals surface area (Å²) in [6.45, 7) is 13.4. The second-order valence-electron chi connectivity index (χ2n) is 13.8. The molecule has 0 amide bonds. The molecule has 0 N–H and O–H groups in total. The molecule has 0 heterocycles. The summed E-state index contributed by atoms with van der Waals surface area (Å²) in [4.78, 5) is 29.4. The molecule has 0 bridgehead atoms. The molecule has 0 saturated carbocycles. The lowest BCUT2D eigenvalue weighted by molar-refractivity contribution is 0.0592. The van der Waals surface area contributed by atoms with Crippen molar-refractivity contribution in [2.45, 2.75) is 65.2 Å². The van der Waals surface area contributed by atoms with Crippen molar-refractivity contribution in [2.75, 3.05) is 24.0 Å². The Morgan fingerprint density at radius 2 is 0.780 bits per heavy atom. The van der Waals surface area contributed by atoms with Crippen molar-refractivity contribution >= 4 is 46.1 Å². The van der Waals surface area contributed by atoms with Crippen LogP contribution in [0.25, 0.3) is 0 Å². The number of carbonyl (C=O) groups is 2. The molecule has 0 aliphatic carbocycles. The molecule has 5 aromatic carbocycles. The van der Waals surface area contributed by atoms with Crippen molar-refractivity contribution in [3.05, 3.63) is 144 Å². The SMILES string of the molecule is CCC(C)(C)c1ccc(N(c2ccc(N(c3ccc(C(C)(C)CC)cc3)c3cccc(C(=O)OC)c3)cc2)c2cccc(C(=O)OC)c2)cc1. The van der Waals surface area contributed by atoms with Gasteiger partial charge in [0.1, 0.15) is 0 Å². The Hall–Kier alpha value is -5.36. The van der Waals surface area contributed by atoms with Crippen LogP contribution in [0.2, 0.25) is 0 Å². The summed E-state index contributed by atoms with van der Waals surface area (Å²) in [7, 11) is 2.79. The lowest BCUT2D eigenvalue weighted by Gasteiger charge is -2.30. The Labute approximate surface area is 297 Å². The van der Waals surface area contributed by atoms with Gasteiger partial charge in [0, 0.05) is 34.1 Å². The molecule has 258 valence electrons. The molecule has 0 atom stereocenters. The molecule has 0 radical (unpaired) electrons. The Balaban J connectivity index is 1.62. The summed E-state index contributed by atoms with van der Waals surface area (Å²) in [5, 5.41) is 0. The highest BCUT2D eigenvalue weighted by molar-refractivity contribution is 5.93. The van der Waals surface area contributed by atoms with Gasteiger partial charge in [-0.2, -0.15) is 0 Å². The average molecular weight is 669 g/mol. The zero-order chi connectivity index (χ0) is 36.1. The predicted molar refractivity (Wildman–Crippen MR) is 205 cm³/mol. The van der Waals surface area contributed by atoms with E-state index in [0.717, 1.165) is 47.0 Å². The highest BCUT2D eigenvalue weighted by atomic mass is 16.5. The first kappa shape index (κ1) is 35.9. The van der Waals surface area contributed by atoms with Gasteiger partial charge in [-0.05, 0) is 120 Å². The standard InChI is InChI=1S/C44H48N2O4/c1-9-43(3,4)33-17-21-35(22-18-33)45(39-15-11-13-31(29-39)41(47)49-7)37-25-27-38(28-26-37)46(40-16-12-14-32(30-40)42(48)50-8)36-23-19-34(20-24-36)44(5,6)10-2/h11-30H,9-10H2,1-8H3. The number of hydrogen-bond acceptors (Lipinski definition) is 6. The van der Waals surface area contributed by atoms with Crippen LogP contribution >= 0.6 is 0 Å². The maximum Gasteiger partial charge on any atom is 0.337 e. The number of hydrogen-bond donors (Lipinski definition) is 0.